The maximum atomic E-state index is 5.68. The van der Waals surface area contributed by atoms with Gasteiger partial charge in [-0.15, -0.1) is 0 Å². The minimum atomic E-state index is 0.538. The van der Waals surface area contributed by atoms with Crippen LogP contribution in [0.15, 0.2) is 72.8 Å². The molecule has 44 heavy (non-hydrogen) atoms. The maximum Gasteiger partial charge on any atom is 0.203 e. The molecule has 0 saturated carbocycles. The molecule has 2 aromatic carbocycles. The van der Waals surface area contributed by atoms with E-state index in [9.17, 15) is 0 Å². The van der Waals surface area contributed by atoms with Gasteiger partial charge in [-0.25, -0.2) is 9.97 Å². The van der Waals surface area contributed by atoms with E-state index in [-0.39, 0.29) is 0 Å². The zero-order valence-corrected chi connectivity index (χ0v) is 24.8. The largest absolute Gasteiger partial charge is 0.497 e. The summed E-state index contributed by atoms with van der Waals surface area (Å²) < 4.78 is 22.3. The molecule has 2 N–H and O–H groups in total. The van der Waals surface area contributed by atoms with Gasteiger partial charge in [0.05, 0.1) is 51.2 Å². The highest BCUT2D eigenvalue weighted by Gasteiger charge is 2.17. The van der Waals surface area contributed by atoms with Gasteiger partial charge in [0.25, 0.3) is 0 Å². The number of ether oxygens (including phenoxy) is 4. The molecule has 8 nitrogen and oxygen atoms in total. The Labute approximate surface area is 254 Å². The van der Waals surface area contributed by atoms with Gasteiger partial charge in [0.1, 0.15) is 5.75 Å². The zero-order valence-electron chi connectivity index (χ0n) is 24.8. The Bertz CT molecular complexity index is 2000. The smallest absolute Gasteiger partial charge is 0.203 e. The van der Waals surface area contributed by atoms with E-state index < -0.39 is 0 Å². The predicted molar refractivity (Wildman–Crippen MR) is 176 cm³/mol. The standard InChI is InChI=1S/C36H30N4O4/c1-41-27-11-5-21(6-12-27)34-28-13-7-23(37-28)19-25-9-15-30(39-25)35(22-17-32(42-2)36(44-4)33(18-22)43-3)31-16-10-26(40-31)20-24-8-14-29(34)38-24/h5-20,39-40H,1-4H3. The van der Waals surface area contributed by atoms with Crippen molar-refractivity contribution in [2.75, 3.05) is 28.4 Å². The summed E-state index contributed by atoms with van der Waals surface area (Å²) in [6.07, 6.45) is 8.12. The third kappa shape index (κ3) is 4.86. The Morgan fingerprint density at radius 1 is 0.500 bits per heavy atom. The Morgan fingerprint density at radius 3 is 1.52 bits per heavy atom. The van der Waals surface area contributed by atoms with Crippen molar-refractivity contribution in [3.05, 3.63) is 95.6 Å². The molecule has 0 saturated heterocycles. The van der Waals surface area contributed by atoms with Crippen LogP contribution in [0.25, 0.3) is 68.6 Å². The number of fused-ring (bicyclic) bond motifs is 8. The van der Waals surface area contributed by atoms with Gasteiger partial charge in [0, 0.05) is 33.2 Å². The molecule has 218 valence electrons. The van der Waals surface area contributed by atoms with Crippen LogP contribution in [0.1, 0.15) is 22.8 Å². The molecule has 5 aromatic rings. The third-order valence-corrected chi connectivity index (χ3v) is 7.73. The summed E-state index contributed by atoms with van der Waals surface area (Å²) in [6, 6.07) is 24.2. The average Bonchev–Trinajstić information content (AvgIpc) is 3.88. The normalized spacial score (nSPS) is 11.9. The van der Waals surface area contributed by atoms with Crippen molar-refractivity contribution < 1.29 is 18.9 Å². The molecule has 2 aliphatic rings. The van der Waals surface area contributed by atoms with Gasteiger partial charge >= 0.3 is 0 Å². The fourth-order valence-corrected chi connectivity index (χ4v) is 5.66. The number of hydrogen-bond donors (Lipinski definition) is 2. The van der Waals surface area contributed by atoms with Crippen molar-refractivity contribution in [1.29, 1.82) is 0 Å². The quantitative estimate of drug-likeness (QED) is 0.206. The second-order valence-corrected chi connectivity index (χ2v) is 10.3. The number of methoxy groups -OCH3 is 4. The molecule has 8 bridgehead atoms. The average molecular weight is 583 g/mol. The van der Waals surface area contributed by atoms with Crippen LogP contribution >= 0.6 is 0 Å². The zero-order chi connectivity index (χ0) is 30.2. The fraction of sp³-hybridized carbons (Fsp3) is 0.111. The van der Waals surface area contributed by atoms with E-state index in [1.807, 2.05) is 72.8 Å². The molecular formula is C36H30N4O4. The van der Waals surface area contributed by atoms with Gasteiger partial charge in [-0.05, 0) is 96.1 Å². The monoisotopic (exact) mass is 582 g/mol. The first kappa shape index (κ1) is 27.1. The Morgan fingerprint density at radius 2 is 1.05 bits per heavy atom. The number of H-pyrrole nitrogens is 2. The number of aromatic nitrogens is 4. The third-order valence-electron chi connectivity index (χ3n) is 7.73. The van der Waals surface area contributed by atoms with Crippen LogP contribution in [0.3, 0.4) is 0 Å². The number of hydrogen-bond acceptors (Lipinski definition) is 6. The van der Waals surface area contributed by atoms with E-state index in [1.165, 1.54) is 0 Å². The van der Waals surface area contributed by atoms with Crippen LogP contribution in [-0.4, -0.2) is 48.4 Å². The summed E-state index contributed by atoms with van der Waals surface area (Å²) in [5.74, 6) is 2.48. The van der Waals surface area contributed by atoms with E-state index in [4.69, 9.17) is 28.9 Å². The highest BCUT2D eigenvalue weighted by molar-refractivity contribution is 5.95. The lowest BCUT2D eigenvalue weighted by atomic mass is 10.0. The first-order valence-electron chi connectivity index (χ1n) is 14.1. The molecule has 5 heterocycles. The molecule has 0 unspecified atom stereocenters. The van der Waals surface area contributed by atoms with E-state index >= 15 is 0 Å². The Kier molecular flexibility index (Phi) is 6.86. The maximum absolute atomic E-state index is 5.68. The van der Waals surface area contributed by atoms with Crippen molar-refractivity contribution in [3.8, 4) is 45.3 Å². The number of benzene rings is 2. The highest BCUT2D eigenvalue weighted by atomic mass is 16.5. The molecular weight excluding hydrogens is 552 g/mol. The lowest BCUT2D eigenvalue weighted by Crippen LogP contribution is -1.96. The summed E-state index contributed by atoms with van der Waals surface area (Å²) in [7, 11) is 6.50. The highest BCUT2D eigenvalue weighted by Crippen LogP contribution is 2.43. The SMILES string of the molecule is COc1ccc(-c2c3nc(cc4ccc([nH]4)c(-c4cc(OC)c(OC)c(OC)c4)c4ccc(cc5nc2C=C5)[nH]4)C=C3)cc1. The van der Waals surface area contributed by atoms with Crippen LogP contribution in [0, 0.1) is 0 Å². The van der Waals surface area contributed by atoms with Gasteiger partial charge in [0.15, 0.2) is 11.5 Å². The topological polar surface area (TPSA) is 94.3 Å². The van der Waals surface area contributed by atoms with Crippen LogP contribution in [0.2, 0.25) is 0 Å². The summed E-state index contributed by atoms with van der Waals surface area (Å²) in [6.45, 7) is 0. The van der Waals surface area contributed by atoms with E-state index in [0.29, 0.717) is 17.2 Å². The van der Waals surface area contributed by atoms with Gasteiger partial charge < -0.3 is 28.9 Å². The van der Waals surface area contributed by atoms with Gasteiger partial charge in [-0.3, -0.25) is 0 Å². The molecule has 2 aliphatic heterocycles. The number of rotatable bonds is 6. The summed E-state index contributed by atoms with van der Waals surface area (Å²) in [5, 5.41) is 0. The minimum absolute atomic E-state index is 0.538. The number of nitrogens with zero attached hydrogens (tertiary/aromatic N) is 2. The molecule has 0 amide bonds. The lowest BCUT2D eigenvalue weighted by Gasteiger charge is -2.14. The van der Waals surface area contributed by atoms with Crippen molar-refractivity contribution in [1.82, 2.24) is 19.9 Å². The van der Waals surface area contributed by atoms with Gasteiger partial charge in [0.2, 0.25) is 5.75 Å². The van der Waals surface area contributed by atoms with E-state index in [1.54, 1.807) is 28.4 Å². The molecule has 7 rings (SSSR count). The number of nitrogens with one attached hydrogen (secondary N) is 2. The van der Waals surface area contributed by atoms with Crippen LogP contribution in [0.5, 0.6) is 23.0 Å². The first-order valence-corrected chi connectivity index (χ1v) is 14.1. The molecule has 8 heteroatoms. The minimum Gasteiger partial charge on any atom is -0.497 e. The predicted octanol–water partition coefficient (Wildman–Crippen LogP) is 8.02. The van der Waals surface area contributed by atoms with Crippen molar-refractivity contribution >= 4 is 46.4 Å². The van der Waals surface area contributed by atoms with Crippen molar-refractivity contribution in [2.45, 2.75) is 0 Å². The molecule has 0 aliphatic carbocycles. The van der Waals surface area contributed by atoms with Gasteiger partial charge in [-0.1, -0.05) is 12.1 Å². The van der Waals surface area contributed by atoms with E-state index in [0.717, 1.165) is 72.8 Å². The first-order chi connectivity index (χ1) is 21.6. The summed E-state index contributed by atoms with van der Waals surface area (Å²) in [4.78, 5) is 17.2. The second kappa shape index (κ2) is 11.1. The molecule has 3 aromatic heterocycles. The molecule has 0 fully saturated rings. The number of aromatic amines is 2. The van der Waals surface area contributed by atoms with Gasteiger partial charge in [-0.2, -0.15) is 0 Å². The molecule has 0 spiro atoms. The van der Waals surface area contributed by atoms with Crippen molar-refractivity contribution in [3.63, 3.8) is 0 Å². The molecule has 0 radical (unpaired) electrons. The van der Waals surface area contributed by atoms with Crippen LogP contribution in [0.4, 0.5) is 0 Å². The summed E-state index contributed by atoms with van der Waals surface area (Å²) >= 11 is 0. The summed E-state index contributed by atoms with van der Waals surface area (Å²) in [5.41, 5.74) is 10.8. The Hall–Kier alpha value is -5.76. The fourth-order valence-electron chi connectivity index (χ4n) is 5.66. The molecule has 0 atom stereocenters. The van der Waals surface area contributed by atoms with E-state index in [2.05, 4.69) is 34.2 Å². The Balaban J connectivity index is 1.52. The lowest BCUT2D eigenvalue weighted by molar-refractivity contribution is 0.324. The second-order valence-electron chi connectivity index (χ2n) is 10.3. The van der Waals surface area contributed by atoms with Crippen LogP contribution < -0.4 is 18.9 Å². The van der Waals surface area contributed by atoms with Crippen LogP contribution in [-0.2, 0) is 0 Å². The van der Waals surface area contributed by atoms with Crippen molar-refractivity contribution in [2.24, 2.45) is 0 Å².